The van der Waals surface area contributed by atoms with Gasteiger partial charge < -0.3 is 10.2 Å². The van der Waals surface area contributed by atoms with Crippen molar-refractivity contribution in [1.82, 2.24) is 0 Å². The van der Waals surface area contributed by atoms with Gasteiger partial charge in [0.05, 0.1) is 0 Å². The van der Waals surface area contributed by atoms with Gasteiger partial charge in [-0.05, 0) is 35.0 Å². The van der Waals surface area contributed by atoms with Gasteiger partial charge >= 0.3 is 0 Å². The summed E-state index contributed by atoms with van der Waals surface area (Å²) in [6, 6.07) is 3.47. The molecule has 0 aliphatic rings. The molecule has 2 aromatic carbocycles. The van der Waals surface area contributed by atoms with Crippen LogP contribution in [0.15, 0.2) is 34.1 Å². The molecule has 1 radical (unpaired) electrons. The van der Waals surface area contributed by atoms with Gasteiger partial charge in [0.1, 0.15) is 9.79 Å². The predicted octanol–water partition coefficient (Wildman–Crippen LogP) is 0.364. The maximum absolute atomic E-state index is 11.2. The fourth-order valence-corrected chi connectivity index (χ4v) is 3.50. The molecule has 109 valence electrons. The predicted molar refractivity (Wildman–Crippen MR) is 72.7 cm³/mol. The molecule has 0 atom stereocenters. The van der Waals surface area contributed by atoms with Crippen LogP contribution >= 0.6 is 0 Å². The molecule has 0 saturated heterocycles. The Morgan fingerprint density at radius 2 is 0.952 bits per heavy atom. The second-order valence-electron chi connectivity index (χ2n) is 3.94. The number of phenolic OH excluding ortho intramolecular Hbond substituents is 2. The van der Waals surface area contributed by atoms with Crippen molar-refractivity contribution in [3.8, 4) is 11.5 Å². The van der Waals surface area contributed by atoms with Crippen molar-refractivity contribution in [3.05, 3.63) is 24.3 Å². The van der Waals surface area contributed by atoms with Crippen molar-refractivity contribution in [2.75, 3.05) is 0 Å². The summed E-state index contributed by atoms with van der Waals surface area (Å²) in [7, 11) is -9.83. The molecule has 0 bridgehead atoms. The molecule has 0 aromatic heterocycles. The Kier molecular flexibility index (Phi) is 4.95. The Hall–Kier alpha value is -0.880. The van der Waals surface area contributed by atoms with Crippen LogP contribution in [0.4, 0.5) is 0 Å². The topological polar surface area (TPSA) is 149 Å². The smallest absolute Gasteiger partial charge is 0.295 e. The maximum Gasteiger partial charge on any atom is 0.295 e. The minimum Gasteiger partial charge on any atom is -0.504 e. The van der Waals surface area contributed by atoms with Gasteiger partial charge in [-0.15, -0.1) is 0 Å². The number of hydrogen-bond acceptors (Lipinski definition) is 6. The van der Waals surface area contributed by atoms with E-state index in [0.717, 1.165) is 24.3 Å². The van der Waals surface area contributed by atoms with Crippen molar-refractivity contribution in [3.63, 3.8) is 0 Å². The fraction of sp³-hybridized carbons (Fsp3) is 0. The Morgan fingerprint density at radius 1 is 0.667 bits per heavy atom. The quantitative estimate of drug-likeness (QED) is 0.347. The second-order valence-corrected chi connectivity index (χ2v) is 6.72. The van der Waals surface area contributed by atoms with Gasteiger partial charge in [0.25, 0.3) is 20.2 Å². The third-order valence-corrected chi connectivity index (χ3v) is 4.47. The zero-order valence-corrected chi connectivity index (χ0v) is 14.2. The number of rotatable bonds is 2. The summed E-state index contributed by atoms with van der Waals surface area (Å²) in [5.74, 6) is -1.11. The molecule has 0 heterocycles. The van der Waals surface area contributed by atoms with E-state index in [0.29, 0.717) is 0 Å². The van der Waals surface area contributed by atoms with Gasteiger partial charge in [-0.3, -0.25) is 9.11 Å². The van der Waals surface area contributed by atoms with Gasteiger partial charge in [-0.1, -0.05) is 0 Å². The van der Waals surface area contributed by atoms with Crippen LogP contribution in [0.1, 0.15) is 0 Å². The number of phenols is 2. The summed E-state index contributed by atoms with van der Waals surface area (Å²) in [6.07, 6.45) is 0. The van der Waals surface area contributed by atoms with Gasteiger partial charge in [0.15, 0.2) is 11.5 Å². The molecule has 4 N–H and O–H groups in total. The molecule has 0 amide bonds. The molecule has 0 aliphatic heterocycles. The summed E-state index contributed by atoms with van der Waals surface area (Å²) in [5.41, 5.74) is 0. The third-order valence-electron chi connectivity index (χ3n) is 2.55. The molecule has 0 fully saturated rings. The van der Waals surface area contributed by atoms with Gasteiger partial charge in [-0.25, -0.2) is 0 Å². The van der Waals surface area contributed by atoms with Crippen molar-refractivity contribution in [1.29, 1.82) is 0 Å². The Labute approximate surface area is 141 Å². The van der Waals surface area contributed by atoms with E-state index in [-0.39, 0.29) is 40.3 Å². The van der Waals surface area contributed by atoms with Gasteiger partial charge in [0.2, 0.25) is 0 Å². The van der Waals surface area contributed by atoms with Crippen LogP contribution in [0.3, 0.4) is 0 Å². The zero-order valence-electron chi connectivity index (χ0n) is 10.5. The van der Waals surface area contributed by atoms with E-state index in [1.54, 1.807) is 0 Å². The molecule has 0 spiro atoms. The molecule has 0 saturated carbocycles. The van der Waals surface area contributed by atoms with Crippen molar-refractivity contribution < 1.29 is 36.2 Å². The van der Waals surface area contributed by atoms with Crippen molar-refractivity contribution in [2.24, 2.45) is 0 Å². The van der Waals surface area contributed by atoms with E-state index in [9.17, 15) is 27.0 Å². The van der Waals surface area contributed by atoms with E-state index in [1.165, 1.54) is 0 Å². The van der Waals surface area contributed by atoms with Crippen LogP contribution < -0.4 is 0 Å². The number of aromatic hydroxyl groups is 2. The van der Waals surface area contributed by atoms with E-state index in [4.69, 9.17) is 9.11 Å². The van der Waals surface area contributed by atoms with Crippen LogP contribution in [0, 0.1) is 0 Å². The van der Waals surface area contributed by atoms with Crippen molar-refractivity contribution >= 4 is 60.6 Å². The Bertz CT molecular complexity index is 841. The van der Waals surface area contributed by atoms with Crippen LogP contribution in [0.2, 0.25) is 0 Å². The normalized spacial score (nSPS) is 12.1. The monoisotopic (exact) mass is 343 g/mol. The zero-order chi connectivity index (χ0) is 15.3. The molecular formula is C10H8NaO8S2. The first-order valence-corrected chi connectivity index (χ1v) is 7.83. The first-order chi connectivity index (χ1) is 9.00. The summed E-state index contributed by atoms with van der Waals surface area (Å²) in [6.45, 7) is 0. The molecule has 11 heteroatoms. The molecule has 2 aromatic rings. The SMILES string of the molecule is O=S(=O)(O)c1cc2cc(O)c(O)cc2cc1S(=O)(=O)O.[Na]. The average molecular weight is 343 g/mol. The molecule has 2 rings (SSSR count). The standard InChI is InChI=1S/C10H8O8S2.Na/c11-7-1-5-3-9(19(13,14)15)10(20(16,17)18)4-6(5)2-8(7)12;/h1-4,11-12H,(H,13,14,15)(H,16,17,18);. The van der Waals surface area contributed by atoms with Crippen LogP contribution in [0.5, 0.6) is 11.5 Å². The molecule has 0 unspecified atom stereocenters. The summed E-state index contributed by atoms with van der Waals surface area (Å²) >= 11 is 0. The first-order valence-electron chi connectivity index (χ1n) is 4.95. The molecular weight excluding hydrogens is 335 g/mol. The van der Waals surface area contributed by atoms with E-state index < -0.39 is 41.5 Å². The maximum atomic E-state index is 11.2. The third kappa shape index (κ3) is 3.66. The Morgan fingerprint density at radius 3 is 1.19 bits per heavy atom. The van der Waals surface area contributed by atoms with E-state index >= 15 is 0 Å². The van der Waals surface area contributed by atoms with Crippen molar-refractivity contribution in [2.45, 2.75) is 9.79 Å². The summed E-state index contributed by atoms with van der Waals surface area (Å²) in [4.78, 5) is -2.06. The summed E-state index contributed by atoms with van der Waals surface area (Å²) < 4.78 is 62.7. The largest absolute Gasteiger partial charge is 0.504 e. The summed E-state index contributed by atoms with van der Waals surface area (Å²) in [5, 5.41) is 18.7. The number of hydrogen-bond donors (Lipinski definition) is 4. The number of benzene rings is 2. The molecule has 8 nitrogen and oxygen atoms in total. The van der Waals surface area contributed by atoms with E-state index in [2.05, 4.69) is 0 Å². The van der Waals surface area contributed by atoms with Gasteiger partial charge in [0, 0.05) is 29.6 Å². The van der Waals surface area contributed by atoms with E-state index in [1.807, 2.05) is 0 Å². The van der Waals surface area contributed by atoms with Crippen LogP contribution in [-0.2, 0) is 20.2 Å². The first kappa shape index (κ1) is 18.2. The van der Waals surface area contributed by atoms with Gasteiger partial charge in [-0.2, -0.15) is 16.8 Å². The van der Waals surface area contributed by atoms with Crippen LogP contribution in [-0.4, -0.2) is 65.7 Å². The minimum absolute atomic E-state index is 0. The number of fused-ring (bicyclic) bond motifs is 1. The average Bonchev–Trinajstić information content (AvgIpc) is 2.26. The fourth-order valence-electron chi connectivity index (χ4n) is 1.69. The molecule has 0 aliphatic carbocycles. The molecule has 21 heavy (non-hydrogen) atoms. The second kappa shape index (κ2) is 5.72. The van der Waals surface area contributed by atoms with Crippen LogP contribution in [0.25, 0.3) is 10.8 Å². The Balaban J connectivity index is 0.00000220. The minimum atomic E-state index is -4.91.